The van der Waals surface area contributed by atoms with E-state index in [4.69, 9.17) is 10.5 Å². The average molecular weight is 470 g/mol. The lowest BCUT2D eigenvalue weighted by Gasteiger charge is -2.27. The molecule has 0 aliphatic heterocycles. The molecule has 10 heteroatoms. The Morgan fingerprint density at radius 2 is 1.86 bits per heavy atom. The second-order valence-corrected chi connectivity index (χ2v) is 8.30. The molecule has 0 atom stereocenters. The van der Waals surface area contributed by atoms with Crippen LogP contribution in [-0.2, 0) is 9.59 Å². The Morgan fingerprint density at radius 3 is 2.51 bits per heavy atom. The highest BCUT2D eigenvalue weighted by Crippen LogP contribution is 2.49. The highest BCUT2D eigenvalue weighted by molar-refractivity contribution is 6.16. The van der Waals surface area contributed by atoms with Crippen molar-refractivity contribution < 1.29 is 18.7 Å². The van der Waals surface area contributed by atoms with Crippen LogP contribution in [0.15, 0.2) is 54.7 Å². The summed E-state index contributed by atoms with van der Waals surface area (Å²) in [7, 11) is 0. The summed E-state index contributed by atoms with van der Waals surface area (Å²) in [6, 6.07) is 13.7. The molecule has 1 saturated carbocycles. The van der Waals surface area contributed by atoms with E-state index in [1.54, 1.807) is 31.3 Å². The van der Waals surface area contributed by atoms with E-state index < -0.39 is 23.0 Å². The van der Waals surface area contributed by atoms with Gasteiger partial charge in [0.1, 0.15) is 28.8 Å². The minimum absolute atomic E-state index is 0.150. The number of amides is 2. The predicted molar refractivity (Wildman–Crippen MR) is 124 cm³/mol. The zero-order valence-corrected chi connectivity index (χ0v) is 18.6. The summed E-state index contributed by atoms with van der Waals surface area (Å²) in [5.74, 6) is -1.00. The van der Waals surface area contributed by atoms with Crippen LogP contribution in [0.5, 0.6) is 11.5 Å². The van der Waals surface area contributed by atoms with E-state index in [0.29, 0.717) is 46.7 Å². The number of nitrogens with zero attached hydrogens (tertiary/aromatic N) is 4. The summed E-state index contributed by atoms with van der Waals surface area (Å²) in [4.78, 5) is 31.1. The van der Waals surface area contributed by atoms with Crippen LogP contribution in [0.1, 0.15) is 24.1 Å². The van der Waals surface area contributed by atoms with Crippen LogP contribution < -0.4 is 15.4 Å². The highest BCUT2D eigenvalue weighted by Gasteiger charge is 2.57. The first-order chi connectivity index (χ1) is 16.8. The van der Waals surface area contributed by atoms with Gasteiger partial charge in [0, 0.05) is 11.9 Å². The fraction of sp³-hybridized carbons (Fsp3) is 0.160. The number of ether oxygens (including phenoxy) is 1. The third kappa shape index (κ3) is 3.73. The lowest BCUT2D eigenvalue weighted by atomic mass is 10.0. The van der Waals surface area contributed by atoms with Crippen LogP contribution in [0.25, 0.3) is 11.0 Å². The van der Waals surface area contributed by atoms with Crippen molar-refractivity contribution in [1.29, 1.82) is 5.26 Å². The predicted octanol–water partition coefficient (Wildman–Crippen LogP) is 4.00. The number of benzene rings is 2. The SMILES string of the molecule is Cc1n[nH]c2nccc(Oc3ccc(N(C(=O)C4(C(N)=O)CC4)c4ccc(F)cc4)cc3C#N)c12. The van der Waals surface area contributed by atoms with Crippen molar-refractivity contribution in [2.24, 2.45) is 11.1 Å². The van der Waals surface area contributed by atoms with E-state index >= 15 is 0 Å². The number of anilines is 2. The molecule has 0 spiro atoms. The minimum atomic E-state index is -1.32. The van der Waals surface area contributed by atoms with Crippen LogP contribution in [0.4, 0.5) is 15.8 Å². The van der Waals surface area contributed by atoms with Crippen molar-refractivity contribution in [3.05, 3.63) is 71.8 Å². The number of primary amides is 1. The average Bonchev–Trinajstić information content (AvgIpc) is 3.59. The van der Waals surface area contributed by atoms with Gasteiger partial charge in [-0.3, -0.25) is 19.6 Å². The second-order valence-electron chi connectivity index (χ2n) is 8.30. The van der Waals surface area contributed by atoms with E-state index in [0.717, 1.165) is 0 Å². The summed E-state index contributed by atoms with van der Waals surface area (Å²) >= 11 is 0. The molecule has 9 nitrogen and oxygen atoms in total. The number of H-pyrrole nitrogens is 1. The number of nitrogens with two attached hydrogens (primary N) is 1. The quantitative estimate of drug-likeness (QED) is 0.409. The van der Waals surface area contributed by atoms with Crippen molar-refractivity contribution in [2.75, 3.05) is 4.90 Å². The zero-order valence-electron chi connectivity index (χ0n) is 18.6. The van der Waals surface area contributed by atoms with E-state index in [-0.39, 0.29) is 11.3 Å². The van der Waals surface area contributed by atoms with E-state index in [1.165, 1.54) is 35.2 Å². The number of carbonyl (C=O) groups is 2. The number of nitriles is 1. The Kier molecular flexibility index (Phi) is 5.17. The number of rotatable bonds is 6. The number of pyridine rings is 1. The molecule has 1 aliphatic carbocycles. The van der Waals surface area contributed by atoms with Crippen molar-refractivity contribution >= 4 is 34.2 Å². The summed E-state index contributed by atoms with van der Waals surface area (Å²) in [5, 5.41) is 17.5. The van der Waals surface area contributed by atoms with Crippen molar-refractivity contribution in [3.63, 3.8) is 0 Å². The Labute approximate surface area is 198 Å². The number of hydrogen-bond acceptors (Lipinski definition) is 6. The topological polar surface area (TPSA) is 138 Å². The maximum Gasteiger partial charge on any atom is 0.247 e. The van der Waals surface area contributed by atoms with Gasteiger partial charge < -0.3 is 10.5 Å². The van der Waals surface area contributed by atoms with Crippen LogP contribution in [-0.4, -0.2) is 27.0 Å². The Balaban J connectivity index is 1.57. The molecular weight excluding hydrogens is 451 g/mol. The van der Waals surface area contributed by atoms with Gasteiger partial charge in [0.15, 0.2) is 5.65 Å². The normalized spacial score (nSPS) is 13.7. The van der Waals surface area contributed by atoms with E-state index in [1.807, 2.05) is 0 Å². The maximum absolute atomic E-state index is 13.6. The fourth-order valence-corrected chi connectivity index (χ4v) is 3.99. The molecular formula is C25H19FN6O3. The Morgan fingerprint density at radius 1 is 1.14 bits per heavy atom. The Hall–Kier alpha value is -4.78. The first-order valence-corrected chi connectivity index (χ1v) is 10.8. The molecule has 0 radical (unpaired) electrons. The van der Waals surface area contributed by atoms with E-state index in [9.17, 15) is 19.2 Å². The summed E-state index contributed by atoms with van der Waals surface area (Å²) < 4.78 is 19.6. The number of halogens is 1. The number of nitrogens with one attached hydrogen (secondary N) is 1. The molecule has 5 rings (SSSR count). The molecule has 0 bridgehead atoms. The molecule has 2 aromatic heterocycles. The van der Waals surface area contributed by atoms with Gasteiger partial charge >= 0.3 is 0 Å². The number of hydrogen-bond donors (Lipinski definition) is 2. The van der Waals surface area contributed by atoms with Gasteiger partial charge in [-0.2, -0.15) is 10.4 Å². The molecule has 0 saturated heterocycles. The molecule has 174 valence electrons. The zero-order chi connectivity index (χ0) is 24.7. The van der Waals surface area contributed by atoms with Gasteiger partial charge in [0.05, 0.1) is 22.3 Å². The molecule has 35 heavy (non-hydrogen) atoms. The molecule has 2 amide bonds. The van der Waals surface area contributed by atoms with Crippen LogP contribution in [0.3, 0.4) is 0 Å². The number of aryl methyl sites for hydroxylation is 1. The molecule has 0 unspecified atom stereocenters. The van der Waals surface area contributed by atoms with Gasteiger partial charge in [-0.1, -0.05) is 0 Å². The maximum atomic E-state index is 13.6. The minimum Gasteiger partial charge on any atom is -0.455 e. The smallest absolute Gasteiger partial charge is 0.247 e. The van der Waals surface area contributed by atoms with Gasteiger partial charge in [-0.05, 0) is 68.3 Å². The standard InChI is InChI=1S/C25H19FN6O3/c1-14-21-20(8-11-29-22(21)31-30-14)35-19-7-6-18(12-15(19)13-27)32(17-4-2-16(26)3-5-17)24(34)25(9-10-25)23(28)33/h2-8,11-12H,9-10H2,1H3,(H2,28,33)(H,29,30,31). The third-order valence-electron chi connectivity index (χ3n) is 6.08. The lowest BCUT2D eigenvalue weighted by Crippen LogP contribution is -2.41. The number of aromatic nitrogens is 3. The molecule has 1 aliphatic rings. The number of aromatic amines is 1. The van der Waals surface area contributed by atoms with Gasteiger partial charge in [0.25, 0.3) is 0 Å². The van der Waals surface area contributed by atoms with Crippen molar-refractivity contribution in [2.45, 2.75) is 19.8 Å². The van der Waals surface area contributed by atoms with E-state index in [2.05, 4.69) is 21.3 Å². The van der Waals surface area contributed by atoms with Gasteiger partial charge in [-0.15, -0.1) is 0 Å². The van der Waals surface area contributed by atoms with Crippen molar-refractivity contribution in [3.8, 4) is 17.6 Å². The largest absolute Gasteiger partial charge is 0.455 e. The first kappa shape index (κ1) is 22.0. The first-order valence-electron chi connectivity index (χ1n) is 10.8. The number of carbonyl (C=O) groups excluding carboxylic acids is 2. The van der Waals surface area contributed by atoms with Crippen molar-refractivity contribution in [1.82, 2.24) is 15.2 Å². The number of fused-ring (bicyclic) bond motifs is 1. The summed E-state index contributed by atoms with van der Waals surface area (Å²) in [5.41, 5.74) is 6.25. The summed E-state index contributed by atoms with van der Waals surface area (Å²) in [6.45, 7) is 1.81. The van der Waals surface area contributed by atoms with Crippen LogP contribution >= 0.6 is 0 Å². The van der Waals surface area contributed by atoms with Crippen LogP contribution in [0, 0.1) is 29.5 Å². The Bertz CT molecular complexity index is 1520. The second kappa shape index (κ2) is 8.22. The molecule has 2 aromatic carbocycles. The van der Waals surface area contributed by atoms with Crippen LogP contribution in [0.2, 0.25) is 0 Å². The highest BCUT2D eigenvalue weighted by atomic mass is 19.1. The molecule has 3 N–H and O–H groups in total. The molecule has 1 fully saturated rings. The summed E-state index contributed by atoms with van der Waals surface area (Å²) in [6.07, 6.45) is 2.21. The monoisotopic (exact) mass is 470 g/mol. The fourth-order valence-electron chi connectivity index (χ4n) is 3.99. The van der Waals surface area contributed by atoms with Gasteiger partial charge in [-0.25, -0.2) is 9.37 Å². The van der Waals surface area contributed by atoms with Gasteiger partial charge in [0.2, 0.25) is 11.8 Å². The third-order valence-corrected chi connectivity index (χ3v) is 6.08. The lowest BCUT2D eigenvalue weighted by molar-refractivity contribution is -0.133. The molecule has 2 heterocycles. The molecule has 4 aromatic rings.